The fourth-order valence-corrected chi connectivity index (χ4v) is 2.65. The van der Waals surface area contributed by atoms with E-state index in [4.69, 9.17) is 11.6 Å². The second kappa shape index (κ2) is 2.18. The molecule has 0 aromatic heterocycles. The summed E-state index contributed by atoms with van der Waals surface area (Å²) >= 11 is 7.80. The van der Waals surface area contributed by atoms with E-state index in [0.29, 0.717) is 0 Å². The summed E-state index contributed by atoms with van der Waals surface area (Å²) in [6.07, 6.45) is 0. The molecule has 0 N–H and O–H groups in total. The molecule has 0 fully saturated rings. The zero-order valence-corrected chi connectivity index (χ0v) is 7.75. The van der Waals surface area contributed by atoms with Crippen LogP contribution in [0.25, 0.3) is 10.8 Å². The van der Waals surface area contributed by atoms with Crippen molar-refractivity contribution in [2.45, 2.75) is 9.79 Å². The molecular weight excluding hydrogens is 188 g/mol. The Kier molecular flexibility index (Phi) is 1.24. The highest BCUT2D eigenvalue weighted by atomic mass is 35.5. The molecule has 2 aromatic carbocycles. The molecule has 0 bridgehead atoms. The Morgan fingerprint density at radius 1 is 1.08 bits per heavy atom. The van der Waals surface area contributed by atoms with Crippen LogP contribution in [0.3, 0.4) is 0 Å². The van der Waals surface area contributed by atoms with Gasteiger partial charge in [0.05, 0.1) is 5.02 Å². The van der Waals surface area contributed by atoms with Crippen LogP contribution >= 0.6 is 23.4 Å². The SMILES string of the molecule is Clc1cc2ccccc2c2c1S2. The molecule has 0 saturated carbocycles. The number of fused-ring (bicyclic) bond motifs is 3. The van der Waals surface area contributed by atoms with Crippen molar-refractivity contribution in [3.63, 3.8) is 0 Å². The maximum atomic E-state index is 6.02. The number of rotatable bonds is 0. The van der Waals surface area contributed by atoms with Crippen LogP contribution in [0.1, 0.15) is 0 Å². The van der Waals surface area contributed by atoms with Gasteiger partial charge >= 0.3 is 0 Å². The van der Waals surface area contributed by atoms with Crippen LogP contribution in [0.15, 0.2) is 40.1 Å². The predicted octanol–water partition coefficient (Wildman–Crippen LogP) is 3.96. The first-order valence-electron chi connectivity index (χ1n) is 3.75. The van der Waals surface area contributed by atoms with Crippen LogP contribution in [0.4, 0.5) is 0 Å². The summed E-state index contributed by atoms with van der Waals surface area (Å²) in [6, 6.07) is 10.4. The van der Waals surface area contributed by atoms with E-state index in [0.717, 1.165) is 5.02 Å². The van der Waals surface area contributed by atoms with Crippen molar-refractivity contribution in [1.29, 1.82) is 0 Å². The van der Waals surface area contributed by atoms with Gasteiger partial charge in [0.25, 0.3) is 0 Å². The van der Waals surface area contributed by atoms with E-state index >= 15 is 0 Å². The van der Waals surface area contributed by atoms with Crippen molar-refractivity contribution in [2.75, 3.05) is 0 Å². The third-order valence-electron chi connectivity index (χ3n) is 2.07. The van der Waals surface area contributed by atoms with Gasteiger partial charge in [0.1, 0.15) is 0 Å². The van der Waals surface area contributed by atoms with E-state index in [-0.39, 0.29) is 0 Å². The lowest BCUT2D eigenvalue weighted by Gasteiger charge is -1.93. The summed E-state index contributed by atoms with van der Waals surface area (Å²) < 4.78 is 0. The molecule has 1 aliphatic rings. The average molecular weight is 193 g/mol. The van der Waals surface area contributed by atoms with E-state index in [1.54, 1.807) is 11.8 Å². The molecule has 0 radical (unpaired) electrons. The Hall–Kier alpha value is -0.660. The lowest BCUT2D eigenvalue weighted by atomic mass is 10.1. The lowest BCUT2D eigenvalue weighted by Crippen LogP contribution is -1.69. The molecule has 0 amide bonds. The lowest BCUT2D eigenvalue weighted by molar-refractivity contribution is 1.44. The van der Waals surface area contributed by atoms with Gasteiger partial charge in [-0.25, -0.2) is 0 Å². The van der Waals surface area contributed by atoms with Gasteiger partial charge in [-0.15, -0.1) is 0 Å². The fourth-order valence-electron chi connectivity index (χ4n) is 1.44. The summed E-state index contributed by atoms with van der Waals surface area (Å²) in [5.41, 5.74) is 0. The van der Waals surface area contributed by atoms with Crippen molar-refractivity contribution in [3.8, 4) is 0 Å². The average Bonchev–Trinajstić information content (AvgIpc) is 2.84. The first-order chi connectivity index (χ1) is 5.86. The normalized spacial score (nSPS) is 13.1. The Labute approximate surface area is 79.5 Å². The first-order valence-corrected chi connectivity index (χ1v) is 4.95. The number of benzene rings is 2. The van der Waals surface area contributed by atoms with Crippen LogP contribution < -0.4 is 0 Å². The monoisotopic (exact) mass is 192 g/mol. The van der Waals surface area contributed by atoms with Crippen LogP contribution in [0.5, 0.6) is 0 Å². The highest BCUT2D eigenvalue weighted by molar-refractivity contribution is 8.05. The predicted molar refractivity (Wildman–Crippen MR) is 53.1 cm³/mol. The van der Waals surface area contributed by atoms with E-state index in [9.17, 15) is 0 Å². The molecule has 3 rings (SSSR count). The van der Waals surface area contributed by atoms with Gasteiger partial charge in [0, 0.05) is 9.79 Å². The topological polar surface area (TPSA) is 0 Å². The van der Waals surface area contributed by atoms with Crippen LogP contribution in [-0.2, 0) is 0 Å². The van der Waals surface area contributed by atoms with Gasteiger partial charge in [0.15, 0.2) is 0 Å². The Bertz CT molecular complexity index is 476. The van der Waals surface area contributed by atoms with Crippen molar-refractivity contribution < 1.29 is 0 Å². The summed E-state index contributed by atoms with van der Waals surface area (Å²) in [4.78, 5) is 2.62. The van der Waals surface area contributed by atoms with E-state index in [2.05, 4.69) is 18.2 Å². The van der Waals surface area contributed by atoms with Gasteiger partial charge < -0.3 is 0 Å². The third kappa shape index (κ3) is 0.809. The minimum atomic E-state index is 0.897. The maximum Gasteiger partial charge on any atom is 0.0563 e. The van der Waals surface area contributed by atoms with Gasteiger partial charge in [-0.05, 0) is 16.8 Å². The highest BCUT2D eigenvalue weighted by Gasteiger charge is 2.24. The molecule has 1 heterocycles. The Balaban J connectivity index is 2.53. The van der Waals surface area contributed by atoms with Crippen molar-refractivity contribution in [2.24, 2.45) is 0 Å². The minimum absolute atomic E-state index is 0.897. The molecule has 2 heteroatoms. The standard InChI is InChI=1S/C10H5ClS/c11-8-5-6-3-1-2-4-7(6)9-10(8)12-9/h1-5H. The quantitative estimate of drug-likeness (QED) is 0.486. The summed E-state index contributed by atoms with van der Waals surface area (Å²) in [7, 11) is 0. The highest BCUT2D eigenvalue weighted by Crippen LogP contribution is 2.56. The van der Waals surface area contributed by atoms with E-state index in [1.165, 1.54) is 20.6 Å². The second-order valence-electron chi connectivity index (χ2n) is 2.84. The van der Waals surface area contributed by atoms with Crippen molar-refractivity contribution in [1.82, 2.24) is 0 Å². The summed E-state index contributed by atoms with van der Waals surface area (Å²) in [5, 5.41) is 3.47. The third-order valence-corrected chi connectivity index (χ3v) is 3.54. The summed E-state index contributed by atoms with van der Waals surface area (Å²) in [6.45, 7) is 0. The van der Waals surface area contributed by atoms with Gasteiger partial charge in [-0.1, -0.05) is 47.6 Å². The van der Waals surface area contributed by atoms with Crippen LogP contribution in [-0.4, -0.2) is 0 Å². The molecule has 0 spiro atoms. The zero-order chi connectivity index (χ0) is 8.13. The van der Waals surface area contributed by atoms with Crippen molar-refractivity contribution in [3.05, 3.63) is 35.4 Å². The van der Waals surface area contributed by atoms with Gasteiger partial charge in [-0.2, -0.15) is 0 Å². The largest absolute Gasteiger partial charge is 0.0854 e. The molecule has 0 aliphatic carbocycles. The molecule has 12 heavy (non-hydrogen) atoms. The molecule has 0 atom stereocenters. The smallest absolute Gasteiger partial charge is 0.0563 e. The Morgan fingerprint density at radius 2 is 1.92 bits per heavy atom. The maximum absolute atomic E-state index is 6.02. The van der Waals surface area contributed by atoms with Crippen LogP contribution in [0.2, 0.25) is 5.02 Å². The molecule has 0 saturated heterocycles. The van der Waals surface area contributed by atoms with E-state index < -0.39 is 0 Å². The molecule has 2 aromatic rings. The molecule has 0 unspecified atom stereocenters. The minimum Gasteiger partial charge on any atom is -0.0854 e. The fraction of sp³-hybridized carbons (Fsp3) is 0. The van der Waals surface area contributed by atoms with Crippen molar-refractivity contribution >= 4 is 34.1 Å². The molecular formula is C10H5ClS. The molecule has 0 nitrogen and oxygen atoms in total. The van der Waals surface area contributed by atoms with E-state index in [1.807, 2.05) is 12.1 Å². The number of hydrogen-bond acceptors (Lipinski definition) is 1. The first kappa shape index (κ1) is 6.81. The summed E-state index contributed by atoms with van der Waals surface area (Å²) in [5.74, 6) is 0. The zero-order valence-electron chi connectivity index (χ0n) is 6.17. The Morgan fingerprint density at radius 3 is 2.83 bits per heavy atom. The van der Waals surface area contributed by atoms with Gasteiger partial charge in [-0.3, -0.25) is 0 Å². The number of hydrogen-bond donors (Lipinski definition) is 0. The second-order valence-corrected chi connectivity index (χ2v) is 4.27. The molecule has 1 aliphatic heterocycles. The number of halogens is 1. The van der Waals surface area contributed by atoms with Crippen LogP contribution in [0, 0.1) is 0 Å². The molecule has 58 valence electrons. The van der Waals surface area contributed by atoms with Gasteiger partial charge in [0.2, 0.25) is 0 Å².